The van der Waals surface area contributed by atoms with Crippen LogP contribution < -0.4 is 5.14 Å². The SMILES string of the molecule is NS(=O)(=O)c1cccc(-c2ccc(O)c(C=O)c2)c1. The van der Waals surface area contributed by atoms with E-state index in [-0.39, 0.29) is 16.2 Å². The molecule has 6 heteroatoms. The van der Waals surface area contributed by atoms with Crippen LogP contribution in [0, 0.1) is 0 Å². The van der Waals surface area contributed by atoms with Crippen LogP contribution in [0.15, 0.2) is 47.4 Å². The van der Waals surface area contributed by atoms with Crippen LogP contribution in [0.2, 0.25) is 0 Å². The third kappa shape index (κ3) is 2.81. The van der Waals surface area contributed by atoms with Crippen LogP contribution >= 0.6 is 0 Å². The number of hydrogen-bond donors (Lipinski definition) is 2. The van der Waals surface area contributed by atoms with E-state index >= 15 is 0 Å². The quantitative estimate of drug-likeness (QED) is 0.831. The van der Waals surface area contributed by atoms with Crippen molar-refractivity contribution in [3.63, 3.8) is 0 Å². The van der Waals surface area contributed by atoms with Crippen LogP contribution in [0.25, 0.3) is 11.1 Å². The van der Waals surface area contributed by atoms with Crippen LogP contribution in [0.3, 0.4) is 0 Å². The Morgan fingerprint density at radius 1 is 1.05 bits per heavy atom. The van der Waals surface area contributed by atoms with Gasteiger partial charge in [-0.1, -0.05) is 18.2 Å². The highest BCUT2D eigenvalue weighted by Crippen LogP contribution is 2.26. The molecule has 2 rings (SSSR count). The second-order valence-corrected chi connectivity index (χ2v) is 5.53. The van der Waals surface area contributed by atoms with E-state index in [0.717, 1.165) is 0 Å². The minimum atomic E-state index is -3.78. The molecule has 0 aliphatic heterocycles. The molecule has 0 aromatic heterocycles. The molecule has 0 fully saturated rings. The molecule has 3 N–H and O–H groups in total. The maximum atomic E-state index is 11.3. The Kier molecular flexibility index (Phi) is 3.37. The van der Waals surface area contributed by atoms with E-state index in [9.17, 15) is 18.3 Å². The maximum Gasteiger partial charge on any atom is 0.238 e. The van der Waals surface area contributed by atoms with Crippen LogP contribution in [0.5, 0.6) is 5.75 Å². The number of rotatable bonds is 3. The van der Waals surface area contributed by atoms with Gasteiger partial charge in [0.05, 0.1) is 10.5 Å². The average molecular weight is 277 g/mol. The topological polar surface area (TPSA) is 97.5 Å². The lowest BCUT2D eigenvalue weighted by molar-refractivity contribution is 0.112. The van der Waals surface area contributed by atoms with Crippen LogP contribution in [-0.2, 0) is 10.0 Å². The zero-order valence-electron chi connectivity index (χ0n) is 9.78. The summed E-state index contributed by atoms with van der Waals surface area (Å²) in [4.78, 5) is 10.8. The van der Waals surface area contributed by atoms with E-state index in [2.05, 4.69) is 0 Å². The van der Waals surface area contributed by atoms with E-state index < -0.39 is 10.0 Å². The number of primary sulfonamides is 1. The van der Waals surface area contributed by atoms with Gasteiger partial charge in [-0.25, -0.2) is 13.6 Å². The Morgan fingerprint density at radius 2 is 1.74 bits per heavy atom. The highest BCUT2D eigenvalue weighted by molar-refractivity contribution is 7.89. The van der Waals surface area contributed by atoms with E-state index in [0.29, 0.717) is 17.4 Å². The van der Waals surface area contributed by atoms with Gasteiger partial charge < -0.3 is 5.11 Å². The molecule has 0 bridgehead atoms. The molecule has 0 unspecified atom stereocenters. The van der Waals surface area contributed by atoms with Gasteiger partial charge in [0.1, 0.15) is 5.75 Å². The molecule has 5 nitrogen and oxygen atoms in total. The Hall–Kier alpha value is -2.18. The van der Waals surface area contributed by atoms with Crippen molar-refractivity contribution in [1.29, 1.82) is 0 Å². The predicted octanol–water partition coefficient (Wildman–Crippen LogP) is 1.52. The number of sulfonamides is 1. The molecule has 0 amide bonds. The average Bonchev–Trinajstić information content (AvgIpc) is 2.38. The highest BCUT2D eigenvalue weighted by Gasteiger charge is 2.10. The Balaban J connectivity index is 2.57. The lowest BCUT2D eigenvalue weighted by Crippen LogP contribution is -2.11. The van der Waals surface area contributed by atoms with Crippen molar-refractivity contribution in [2.75, 3.05) is 0 Å². The van der Waals surface area contributed by atoms with Crippen LogP contribution in [-0.4, -0.2) is 19.8 Å². The van der Waals surface area contributed by atoms with Crippen molar-refractivity contribution >= 4 is 16.3 Å². The van der Waals surface area contributed by atoms with Gasteiger partial charge in [0, 0.05) is 0 Å². The summed E-state index contributed by atoms with van der Waals surface area (Å²) in [5.41, 5.74) is 1.35. The molecule has 0 saturated carbocycles. The number of nitrogens with two attached hydrogens (primary N) is 1. The number of phenolic OH excluding ortho intramolecular Hbond substituents is 1. The van der Waals surface area contributed by atoms with E-state index in [1.807, 2.05) is 0 Å². The molecule has 0 heterocycles. The molecule has 0 atom stereocenters. The zero-order chi connectivity index (χ0) is 14.0. The van der Waals surface area contributed by atoms with Crippen molar-refractivity contribution in [2.45, 2.75) is 4.90 Å². The van der Waals surface area contributed by atoms with Crippen LogP contribution in [0.4, 0.5) is 0 Å². The minimum Gasteiger partial charge on any atom is -0.507 e. The Labute approximate surface area is 110 Å². The molecule has 0 aliphatic rings. The number of carbonyl (C=O) groups is 1. The van der Waals surface area contributed by atoms with Crippen molar-refractivity contribution < 1.29 is 18.3 Å². The predicted molar refractivity (Wildman–Crippen MR) is 70.3 cm³/mol. The third-order valence-corrected chi connectivity index (χ3v) is 3.56. The molecule has 19 heavy (non-hydrogen) atoms. The summed E-state index contributed by atoms with van der Waals surface area (Å²) in [6.07, 6.45) is 0.530. The van der Waals surface area contributed by atoms with E-state index in [1.54, 1.807) is 18.2 Å². The second kappa shape index (κ2) is 4.83. The molecule has 98 valence electrons. The first-order valence-corrected chi connectivity index (χ1v) is 6.88. The number of phenols is 1. The van der Waals surface area contributed by atoms with Crippen molar-refractivity contribution in [1.82, 2.24) is 0 Å². The van der Waals surface area contributed by atoms with Crippen molar-refractivity contribution in [3.05, 3.63) is 48.0 Å². The molecule has 0 spiro atoms. The summed E-state index contributed by atoms with van der Waals surface area (Å²) in [5, 5.41) is 14.5. The monoisotopic (exact) mass is 277 g/mol. The molecule has 2 aromatic rings. The van der Waals surface area contributed by atoms with Crippen LogP contribution in [0.1, 0.15) is 10.4 Å². The van der Waals surface area contributed by atoms with E-state index in [1.165, 1.54) is 24.3 Å². The first kappa shape index (κ1) is 13.3. The van der Waals surface area contributed by atoms with Gasteiger partial charge in [-0.2, -0.15) is 0 Å². The van der Waals surface area contributed by atoms with Gasteiger partial charge >= 0.3 is 0 Å². The van der Waals surface area contributed by atoms with Gasteiger partial charge in [0.2, 0.25) is 10.0 Å². The second-order valence-electron chi connectivity index (χ2n) is 3.96. The van der Waals surface area contributed by atoms with Gasteiger partial charge in [-0.05, 0) is 35.4 Å². The normalized spacial score (nSPS) is 11.2. The fourth-order valence-electron chi connectivity index (χ4n) is 1.68. The fourth-order valence-corrected chi connectivity index (χ4v) is 2.24. The number of aldehydes is 1. The first-order chi connectivity index (χ1) is 8.91. The summed E-state index contributed by atoms with van der Waals surface area (Å²) >= 11 is 0. The molecule has 0 radical (unpaired) electrons. The zero-order valence-corrected chi connectivity index (χ0v) is 10.6. The first-order valence-electron chi connectivity index (χ1n) is 5.33. The van der Waals surface area contributed by atoms with E-state index in [4.69, 9.17) is 5.14 Å². The molecule has 0 saturated heterocycles. The lowest BCUT2D eigenvalue weighted by atomic mass is 10.0. The molecule has 0 aliphatic carbocycles. The standard InChI is InChI=1S/C13H11NO4S/c14-19(17,18)12-3-1-2-9(7-12)10-4-5-13(16)11(6-10)8-15/h1-8,16H,(H2,14,17,18). The van der Waals surface area contributed by atoms with Gasteiger partial charge in [-0.3, -0.25) is 4.79 Å². The van der Waals surface area contributed by atoms with Crippen molar-refractivity contribution in [2.24, 2.45) is 5.14 Å². The third-order valence-electron chi connectivity index (χ3n) is 2.65. The summed E-state index contributed by atoms with van der Waals surface area (Å²) in [5.74, 6) is -0.124. The fraction of sp³-hybridized carbons (Fsp3) is 0. The summed E-state index contributed by atoms with van der Waals surface area (Å²) in [6, 6.07) is 10.5. The number of hydrogen-bond acceptors (Lipinski definition) is 4. The number of carbonyl (C=O) groups excluding carboxylic acids is 1. The van der Waals surface area contributed by atoms with Crippen molar-refractivity contribution in [3.8, 4) is 16.9 Å². The van der Waals surface area contributed by atoms with Gasteiger partial charge in [0.25, 0.3) is 0 Å². The molecule has 2 aromatic carbocycles. The number of aromatic hydroxyl groups is 1. The smallest absolute Gasteiger partial charge is 0.238 e. The Bertz CT molecular complexity index is 738. The van der Waals surface area contributed by atoms with Gasteiger partial charge in [0.15, 0.2) is 6.29 Å². The minimum absolute atomic E-state index is 0.00859. The lowest BCUT2D eigenvalue weighted by Gasteiger charge is -2.06. The largest absolute Gasteiger partial charge is 0.507 e. The number of benzene rings is 2. The molecular formula is C13H11NO4S. The summed E-state index contributed by atoms with van der Waals surface area (Å²) in [7, 11) is -3.78. The van der Waals surface area contributed by atoms with Gasteiger partial charge in [-0.15, -0.1) is 0 Å². The molecular weight excluding hydrogens is 266 g/mol. The summed E-state index contributed by atoms with van der Waals surface area (Å²) < 4.78 is 22.6. The Morgan fingerprint density at radius 3 is 2.37 bits per heavy atom. The highest BCUT2D eigenvalue weighted by atomic mass is 32.2. The maximum absolute atomic E-state index is 11.3. The summed E-state index contributed by atoms with van der Waals surface area (Å²) in [6.45, 7) is 0.